The molecular formula is C14H10BrFN2. The van der Waals surface area contributed by atoms with Gasteiger partial charge in [0, 0.05) is 11.5 Å². The highest BCUT2D eigenvalue weighted by molar-refractivity contribution is 9.10. The van der Waals surface area contributed by atoms with Crippen molar-refractivity contribution in [1.29, 1.82) is 0 Å². The third-order valence-corrected chi connectivity index (χ3v) is 3.45. The zero-order valence-corrected chi connectivity index (χ0v) is 11.3. The van der Waals surface area contributed by atoms with Gasteiger partial charge in [0.1, 0.15) is 11.6 Å². The lowest BCUT2D eigenvalue weighted by atomic mass is 10.2. The first-order chi connectivity index (χ1) is 8.66. The van der Waals surface area contributed by atoms with Crippen LogP contribution >= 0.6 is 15.9 Å². The lowest BCUT2D eigenvalue weighted by Gasteiger charge is -2.04. The molecule has 0 saturated heterocycles. The molecule has 0 N–H and O–H groups in total. The van der Waals surface area contributed by atoms with Crippen molar-refractivity contribution in [2.24, 2.45) is 7.05 Å². The summed E-state index contributed by atoms with van der Waals surface area (Å²) in [6, 6.07) is 12.6. The average Bonchev–Trinajstić information content (AvgIpc) is 2.71. The Morgan fingerprint density at radius 1 is 1.17 bits per heavy atom. The number of hydrogen-bond donors (Lipinski definition) is 0. The maximum Gasteiger partial charge on any atom is 0.143 e. The smallest absolute Gasteiger partial charge is 0.143 e. The largest absolute Gasteiger partial charge is 0.327 e. The van der Waals surface area contributed by atoms with Crippen LogP contribution in [0.5, 0.6) is 0 Å². The molecule has 1 heterocycles. The number of hydrogen-bond acceptors (Lipinski definition) is 1. The van der Waals surface area contributed by atoms with Gasteiger partial charge in [0.05, 0.1) is 16.6 Å². The highest BCUT2D eigenvalue weighted by Crippen LogP contribution is 2.28. The minimum atomic E-state index is -0.267. The Labute approximate surface area is 112 Å². The minimum absolute atomic E-state index is 0.267. The van der Waals surface area contributed by atoms with Gasteiger partial charge in [0.15, 0.2) is 0 Å². The molecule has 0 bridgehead atoms. The lowest BCUT2D eigenvalue weighted by Crippen LogP contribution is -1.94. The fraction of sp³-hybridized carbons (Fsp3) is 0.0714. The number of halogens is 2. The molecule has 0 spiro atoms. The van der Waals surface area contributed by atoms with E-state index in [1.807, 2.05) is 35.9 Å². The molecule has 3 rings (SSSR count). The molecule has 0 atom stereocenters. The topological polar surface area (TPSA) is 17.8 Å². The van der Waals surface area contributed by atoms with Gasteiger partial charge >= 0.3 is 0 Å². The predicted octanol–water partition coefficient (Wildman–Crippen LogP) is 4.14. The van der Waals surface area contributed by atoms with E-state index < -0.39 is 0 Å². The SMILES string of the molecule is Cn1c(-c2cc(Br)ccc2F)nc2ccccc21. The van der Waals surface area contributed by atoms with Crippen LogP contribution in [0.4, 0.5) is 4.39 Å². The zero-order valence-electron chi connectivity index (χ0n) is 9.69. The molecule has 18 heavy (non-hydrogen) atoms. The number of fused-ring (bicyclic) bond motifs is 1. The molecule has 2 aromatic carbocycles. The van der Waals surface area contributed by atoms with E-state index in [1.54, 1.807) is 12.1 Å². The van der Waals surface area contributed by atoms with Gasteiger partial charge < -0.3 is 4.57 Å². The maximum atomic E-state index is 13.9. The van der Waals surface area contributed by atoms with Gasteiger partial charge in [-0.15, -0.1) is 0 Å². The van der Waals surface area contributed by atoms with Crippen molar-refractivity contribution in [3.8, 4) is 11.4 Å². The number of para-hydroxylation sites is 2. The number of rotatable bonds is 1. The molecule has 3 aromatic rings. The van der Waals surface area contributed by atoms with Gasteiger partial charge in [-0.1, -0.05) is 28.1 Å². The molecular weight excluding hydrogens is 295 g/mol. The molecule has 1 aromatic heterocycles. The number of benzene rings is 2. The highest BCUT2D eigenvalue weighted by Gasteiger charge is 2.13. The maximum absolute atomic E-state index is 13.9. The van der Waals surface area contributed by atoms with E-state index in [2.05, 4.69) is 20.9 Å². The first kappa shape index (κ1) is 11.4. The van der Waals surface area contributed by atoms with Gasteiger partial charge in [-0.05, 0) is 30.3 Å². The number of aryl methyl sites for hydroxylation is 1. The first-order valence-electron chi connectivity index (χ1n) is 5.53. The van der Waals surface area contributed by atoms with E-state index in [0.717, 1.165) is 15.5 Å². The van der Waals surface area contributed by atoms with Crippen molar-refractivity contribution in [2.45, 2.75) is 0 Å². The third-order valence-electron chi connectivity index (χ3n) is 2.96. The fourth-order valence-corrected chi connectivity index (χ4v) is 2.42. The lowest BCUT2D eigenvalue weighted by molar-refractivity contribution is 0.629. The summed E-state index contributed by atoms with van der Waals surface area (Å²) in [7, 11) is 1.89. The molecule has 90 valence electrons. The van der Waals surface area contributed by atoms with Crippen molar-refractivity contribution >= 4 is 27.0 Å². The van der Waals surface area contributed by atoms with Crippen molar-refractivity contribution in [1.82, 2.24) is 9.55 Å². The Hall–Kier alpha value is -1.68. The van der Waals surface area contributed by atoms with E-state index in [9.17, 15) is 4.39 Å². The van der Waals surface area contributed by atoms with E-state index in [1.165, 1.54) is 6.07 Å². The summed E-state index contributed by atoms with van der Waals surface area (Å²) in [5, 5.41) is 0. The van der Waals surface area contributed by atoms with E-state index in [-0.39, 0.29) is 5.82 Å². The standard InChI is InChI=1S/C14H10BrFN2/c1-18-13-5-3-2-4-12(13)17-14(18)10-8-9(15)6-7-11(10)16/h2-8H,1H3. The Bertz CT molecular complexity index is 734. The van der Waals surface area contributed by atoms with Crippen LogP contribution in [0.25, 0.3) is 22.4 Å². The average molecular weight is 305 g/mol. The van der Waals surface area contributed by atoms with Crippen LogP contribution in [-0.2, 0) is 7.05 Å². The first-order valence-corrected chi connectivity index (χ1v) is 6.33. The molecule has 0 fully saturated rings. The van der Waals surface area contributed by atoms with Crippen molar-refractivity contribution in [2.75, 3.05) is 0 Å². The van der Waals surface area contributed by atoms with Crippen LogP contribution < -0.4 is 0 Å². The number of imidazole rings is 1. The molecule has 0 aliphatic carbocycles. The van der Waals surface area contributed by atoms with Gasteiger partial charge in [-0.2, -0.15) is 0 Å². The molecule has 4 heteroatoms. The van der Waals surface area contributed by atoms with Gasteiger partial charge in [-0.25, -0.2) is 9.37 Å². The van der Waals surface area contributed by atoms with Gasteiger partial charge in [0.25, 0.3) is 0 Å². The Kier molecular flexibility index (Phi) is 2.67. The van der Waals surface area contributed by atoms with Gasteiger partial charge in [0.2, 0.25) is 0 Å². The molecule has 0 radical (unpaired) electrons. The molecule has 0 saturated carbocycles. The quantitative estimate of drug-likeness (QED) is 0.660. The summed E-state index contributed by atoms with van der Waals surface area (Å²) in [6.45, 7) is 0. The number of nitrogens with zero attached hydrogens (tertiary/aromatic N) is 2. The Balaban J connectivity index is 2.31. The van der Waals surface area contributed by atoms with Crippen LogP contribution in [0.3, 0.4) is 0 Å². The summed E-state index contributed by atoms with van der Waals surface area (Å²) in [6.07, 6.45) is 0. The fourth-order valence-electron chi connectivity index (χ4n) is 2.06. The summed E-state index contributed by atoms with van der Waals surface area (Å²) in [4.78, 5) is 4.49. The van der Waals surface area contributed by atoms with Crippen molar-refractivity contribution in [3.05, 3.63) is 52.8 Å². The second-order valence-corrected chi connectivity index (χ2v) is 5.02. The Morgan fingerprint density at radius 3 is 2.72 bits per heavy atom. The van der Waals surface area contributed by atoms with Crippen LogP contribution in [0.2, 0.25) is 0 Å². The van der Waals surface area contributed by atoms with Crippen LogP contribution in [-0.4, -0.2) is 9.55 Å². The van der Waals surface area contributed by atoms with Crippen LogP contribution in [0.15, 0.2) is 46.9 Å². The normalized spacial score (nSPS) is 11.1. The number of aromatic nitrogens is 2. The third kappa shape index (κ3) is 1.73. The van der Waals surface area contributed by atoms with Gasteiger partial charge in [-0.3, -0.25) is 0 Å². The second kappa shape index (κ2) is 4.21. The minimum Gasteiger partial charge on any atom is -0.327 e. The zero-order chi connectivity index (χ0) is 12.7. The van der Waals surface area contributed by atoms with Crippen LogP contribution in [0, 0.1) is 5.82 Å². The van der Waals surface area contributed by atoms with E-state index in [4.69, 9.17) is 0 Å². The summed E-state index contributed by atoms with van der Waals surface area (Å²) in [5.74, 6) is 0.367. The predicted molar refractivity (Wildman–Crippen MR) is 73.8 cm³/mol. The molecule has 2 nitrogen and oxygen atoms in total. The summed E-state index contributed by atoms with van der Waals surface area (Å²) >= 11 is 3.36. The Morgan fingerprint density at radius 2 is 1.94 bits per heavy atom. The molecule has 0 amide bonds. The summed E-state index contributed by atoms with van der Waals surface area (Å²) < 4.78 is 16.6. The van der Waals surface area contributed by atoms with Crippen molar-refractivity contribution in [3.63, 3.8) is 0 Å². The van der Waals surface area contributed by atoms with Crippen molar-refractivity contribution < 1.29 is 4.39 Å². The van der Waals surface area contributed by atoms with E-state index >= 15 is 0 Å². The molecule has 0 unspecified atom stereocenters. The molecule has 0 aliphatic heterocycles. The molecule has 0 aliphatic rings. The van der Waals surface area contributed by atoms with Crippen LogP contribution in [0.1, 0.15) is 0 Å². The second-order valence-electron chi connectivity index (χ2n) is 4.11. The monoisotopic (exact) mass is 304 g/mol. The summed E-state index contributed by atoms with van der Waals surface area (Å²) in [5.41, 5.74) is 2.37. The highest BCUT2D eigenvalue weighted by atomic mass is 79.9. The van der Waals surface area contributed by atoms with E-state index in [0.29, 0.717) is 11.4 Å².